The van der Waals surface area contributed by atoms with Gasteiger partial charge in [-0.2, -0.15) is 0 Å². The Kier molecular flexibility index (Phi) is 4.94. The van der Waals surface area contributed by atoms with E-state index in [9.17, 15) is 13.9 Å². The monoisotopic (exact) mass is 224 g/mol. The fraction of sp³-hybridized carbons (Fsp3) is 0.385. The molecule has 16 heavy (non-hydrogen) atoms. The van der Waals surface area contributed by atoms with Crippen molar-refractivity contribution >= 4 is 0 Å². The minimum absolute atomic E-state index is 0.0616. The molecule has 0 spiro atoms. The predicted octanol–water partition coefficient (Wildman–Crippen LogP) is 3.46. The van der Waals surface area contributed by atoms with Gasteiger partial charge in [-0.05, 0) is 24.5 Å². The Labute approximate surface area is 94.1 Å². The molecule has 0 bridgehead atoms. The quantitative estimate of drug-likeness (QED) is 0.600. The van der Waals surface area contributed by atoms with Crippen LogP contribution < -0.4 is 0 Å². The van der Waals surface area contributed by atoms with Crippen LogP contribution in [0.3, 0.4) is 0 Å². The molecule has 1 aromatic rings. The van der Waals surface area contributed by atoms with Crippen LogP contribution in [-0.2, 0) is 0 Å². The zero-order valence-corrected chi connectivity index (χ0v) is 8.87. The molecule has 0 aromatic heterocycles. The molecule has 0 radical (unpaired) electrons. The molecule has 1 unspecified atom stereocenters. The SMILES string of the molecule is C#CCCCC(O)c1cccc(C(F)F)c1. The van der Waals surface area contributed by atoms with E-state index in [4.69, 9.17) is 6.42 Å². The van der Waals surface area contributed by atoms with E-state index in [-0.39, 0.29) is 5.56 Å². The highest BCUT2D eigenvalue weighted by Crippen LogP contribution is 2.24. The van der Waals surface area contributed by atoms with Gasteiger partial charge in [0.2, 0.25) is 0 Å². The molecular formula is C13H14F2O. The first-order valence-corrected chi connectivity index (χ1v) is 5.14. The van der Waals surface area contributed by atoms with Crippen LogP contribution in [0, 0.1) is 12.3 Å². The van der Waals surface area contributed by atoms with E-state index in [1.807, 2.05) is 0 Å². The van der Waals surface area contributed by atoms with Crippen LogP contribution in [0.2, 0.25) is 0 Å². The first kappa shape index (κ1) is 12.7. The number of hydrogen-bond acceptors (Lipinski definition) is 1. The van der Waals surface area contributed by atoms with Crippen LogP contribution in [0.4, 0.5) is 8.78 Å². The van der Waals surface area contributed by atoms with Crippen LogP contribution in [0.25, 0.3) is 0 Å². The Balaban J connectivity index is 2.65. The predicted molar refractivity (Wildman–Crippen MR) is 59.0 cm³/mol. The number of hydrogen-bond donors (Lipinski definition) is 1. The van der Waals surface area contributed by atoms with E-state index < -0.39 is 12.5 Å². The van der Waals surface area contributed by atoms with E-state index in [0.717, 1.165) is 0 Å². The lowest BCUT2D eigenvalue weighted by molar-refractivity contribution is 0.148. The van der Waals surface area contributed by atoms with Gasteiger partial charge in [-0.15, -0.1) is 12.3 Å². The van der Waals surface area contributed by atoms with Crippen molar-refractivity contribution in [2.24, 2.45) is 0 Å². The fourth-order valence-electron chi connectivity index (χ4n) is 1.47. The largest absolute Gasteiger partial charge is 0.388 e. The molecule has 0 aliphatic rings. The lowest BCUT2D eigenvalue weighted by atomic mass is 10.0. The number of benzene rings is 1. The molecular weight excluding hydrogens is 210 g/mol. The molecule has 0 aliphatic carbocycles. The first-order chi connectivity index (χ1) is 7.65. The highest BCUT2D eigenvalue weighted by Gasteiger charge is 2.11. The number of aliphatic hydroxyl groups excluding tert-OH is 1. The van der Waals surface area contributed by atoms with Gasteiger partial charge in [0.15, 0.2) is 0 Å². The molecule has 1 atom stereocenters. The summed E-state index contributed by atoms with van der Waals surface area (Å²) in [6.07, 6.45) is 3.65. The summed E-state index contributed by atoms with van der Waals surface area (Å²) < 4.78 is 24.8. The number of rotatable bonds is 5. The van der Waals surface area contributed by atoms with Gasteiger partial charge in [0, 0.05) is 12.0 Å². The Morgan fingerprint density at radius 3 is 2.62 bits per heavy atom. The average molecular weight is 224 g/mol. The Morgan fingerprint density at radius 2 is 2.00 bits per heavy atom. The highest BCUT2D eigenvalue weighted by molar-refractivity contribution is 5.25. The smallest absolute Gasteiger partial charge is 0.263 e. The number of halogens is 2. The minimum Gasteiger partial charge on any atom is -0.388 e. The first-order valence-electron chi connectivity index (χ1n) is 5.14. The molecule has 86 valence electrons. The number of aliphatic hydroxyl groups is 1. The molecule has 1 nitrogen and oxygen atoms in total. The second kappa shape index (κ2) is 6.24. The van der Waals surface area contributed by atoms with E-state index in [2.05, 4.69) is 5.92 Å². The van der Waals surface area contributed by atoms with Crippen LogP contribution in [0.1, 0.15) is 42.9 Å². The lowest BCUT2D eigenvalue weighted by Crippen LogP contribution is -1.98. The molecule has 1 aromatic carbocycles. The van der Waals surface area contributed by atoms with Gasteiger partial charge in [-0.3, -0.25) is 0 Å². The fourth-order valence-corrected chi connectivity index (χ4v) is 1.47. The van der Waals surface area contributed by atoms with Gasteiger partial charge in [-0.25, -0.2) is 8.78 Å². The highest BCUT2D eigenvalue weighted by atomic mass is 19.3. The van der Waals surface area contributed by atoms with Crippen molar-refractivity contribution in [3.05, 3.63) is 35.4 Å². The van der Waals surface area contributed by atoms with Gasteiger partial charge in [0.05, 0.1) is 6.10 Å². The number of terminal acetylenes is 1. The third kappa shape index (κ3) is 3.63. The summed E-state index contributed by atoms with van der Waals surface area (Å²) in [5.74, 6) is 2.47. The van der Waals surface area contributed by atoms with E-state index in [0.29, 0.717) is 24.8 Å². The summed E-state index contributed by atoms with van der Waals surface area (Å²) in [6, 6.07) is 5.86. The molecule has 1 N–H and O–H groups in total. The van der Waals surface area contributed by atoms with Gasteiger partial charge in [0.25, 0.3) is 6.43 Å². The van der Waals surface area contributed by atoms with E-state index in [1.54, 1.807) is 6.07 Å². The zero-order chi connectivity index (χ0) is 12.0. The van der Waals surface area contributed by atoms with Crippen molar-refractivity contribution in [3.63, 3.8) is 0 Å². The zero-order valence-electron chi connectivity index (χ0n) is 8.87. The van der Waals surface area contributed by atoms with Gasteiger partial charge < -0.3 is 5.11 Å². The van der Waals surface area contributed by atoms with Crippen LogP contribution in [-0.4, -0.2) is 5.11 Å². The molecule has 0 saturated carbocycles. The summed E-state index contributed by atoms with van der Waals surface area (Å²) >= 11 is 0. The summed E-state index contributed by atoms with van der Waals surface area (Å²) in [7, 11) is 0. The van der Waals surface area contributed by atoms with Crippen molar-refractivity contribution in [2.75, 3.05) is 0 Å². The number of alkyl halides is 2. The van der Waals surface area contributed by atoms with E-state index in [1.165, 1.54) is 18.2 Å². The summed E-state index contributed by atoms with van der Waals surface area (Å²) in [6.45, 7) is 0. The van der Waals surface area contributed by atoms with Gasteiger partial charge in [0.1, 0.15) is 0 Å². The lowest BCUT2D eigenvalue weighted by Gasteiger charge is -2.11. The molecule has 0 amide bonds. The summed E-state index contributed by atoms with van der Waals surface area (Å²) in [4.78, 5) is 0. The molecule has 0 fully saturated rings. The maximum Gasteiger partial charge on any atom is 0.263 e. The Morgan fingerprint density at radius 1 is 1.31 bits per heavy atom. The van der Waals surface area contributed by atoms with Crippen LogP contribution >= 0.6 is 0 Å². The molecule has 0 saturated heterocycles. The van der Waals surface area contributed by atoms with Crippen molar-refractivity contribution in [3.8, 4) is 12.3 Å². The summed E-state index contributed by atoms with van der Waals surface area (Å²) in [5.41, 5.74) is 0.461. The topological polar surface area (TPSA) is 20.2 Å². The second-order valence-corrected chi connectivity index (χ2v) is 3.58. The molecule has 0 aliphatic heterocycles. The number of unbranched alkanes of at least 4 members (excludes halogenated alkanes) is 1. The Hall–Kier alpha value is -1.40. The third-order valence-electron chi connectivity index (χ3n) is 2.35. The van der Waals surface area contributed by atoms with Crippen LogP contribution in [0.15, 0.2) is 24.3 Å². The second-order valence-electron chi connectivity index (χ2n) is 3.58. The van der Waals surface area contributed by atoms with E-state index >= 15 is 0 Å². The van der Waals surface area contributed by atoms with Crippen molar-refractivity contribution in [1.29, 1.82) is 0 Å². The standard InChI is InChI=1S/C13H14F2O/c1-2-3-4-8-12(16)10-6-5-7-11(9-10)13(14)15/h1,5-7,9,12-13,16H,3-4,8H2. The Bertz CT molecular complexity index is 368. The van der Waals surface area contributed by atoms with Crippen LogP contribution in [0.5, 0.6) is 0 Å². The third-order valence-corrected chi connectivity index (χ3v) is 2.35. The normalized spacial score (nSPS) is 12.4. The van der Waals surface area contributed by atoms with Crippen molar-refractivity contribution < 1.29 is 13.9 Å². The average Bonchev–Trinajstić information content (AvgIpc) is 2.29. The minimum atomic E-state index is -2.50. The van der Waals surface area contributed by atoms with Gasteiger partial charge >= 0.3 is 0 Å². The maximum absolute atomic E-state index is 12.4. The molecule has 0 heterocycles. The van der Waals surface area contributed by atoms with Crippen molar-refractivity contribution in [2.45, 2.75) is 31.8 Å². The van der Waals surface area contributed by atoms with Gasteiger partial charge in [-0.1, -0.05) is 18.2 Å². The summed E-state index contributed by atoms with van der Waals surface area (Å²) in [5, 5.41) is 9.74. The molecule has 3 heteroatoms. The van der Waals surface area contributed by atoms with Crippen molar-refractivity contribution in [1.82, 2.24) is 0 Å². The maximum atomic E-state index is 12.4. The molecule has 1 rings (SSSR count).